The number of hydrogen-bond donors (Lipinski definition) is 0. The molecule has 0 unspecified atom stereocenters. The van der Waals surface area contributed by atoms with Gasteiger partial charge >= 0.3 is 0 Å². The minimum Gasteiger partial charge on any atom is -0.391 e. The number of aromatic nitrogens is 4. The molecule has 2 aromatic carbocycles. The molecule has 1 aliphatic rings. The molecular formula is C30H22N6O. The largest absolute Gasteiger partial charge is 0.391 e. The van der Waals surface area contributed by atoms with Crippen molar-refractivity contribution in [2.45, 2.75) is 19.4 Å². The van der Waals surface area contributed by atoms with E-state index < -0.39 is 0 Å². The summed E-state index contributed by atoms with van der Waals surface area (Å²) in [6.45, 7) is 0.454. The van der Waals surface area contributed by atoms with Gasteiger partial charge in [-0.25, -0.2) is 9.67 Å². The van der Waals surface area contributed by atoms with E-state index in [0.29, 0.717) is 18.0 Å². The van der Waals surface area contributed by atoms with Crippen molar-refractivity contribution in [1.29, 1.82) is 5.26 Å². The maximum absolute atomic E-state index is 9.11. The van der Waals surface area contributed by atoms with E-state index in [-0.39, 0.29) is 0 Å². The highest BCUT2D eigenvalue weighted by Crippen LogP contribution is 2.34. The Balaban J connectivity index is 1.33. The Kier molecular flexibility index (Phi) is 5.97. The lowest BCUT2D eigenvalue weighted by Gasteiger charge is -2.06. The Morgan fingerprint density at radius 2 is 1.78 bits per heavy atom. The molecule has 3 aromatic heterocycles. The zero-order chi connectivity index (χ0) is 25.0. The molecule has 37 heavy (non-hydrogen) atoms. The summed E-state index contributed by atoms with van der Waals surface area (Å²) in [6.07, 6.45) is 8.82. The van der Waals surface area contributed by atoms with Crippen LogP contribution in [-0.4, -0.2) is 25.5 Å². The maximum atomic E-state index is 9.11. The van der Waals surface area contributed by atoms with E-state index in [1.807, 2.05) is 48.7 Å². The fourth-order valence-electron chi connectivity index (χ4n) is 4.50. The van der Waals surface area contributed by atoms with Crippen molar-refractivity contribution < 1.29 is 4.84 Å². The average molecular weight is 483 g/mol. The molecule has 7 nitrogen and oxygen atoms in total. The van der Waals surface area contributed by atoms with Gasteiger partial charge in [0.15, 0.2) is 5.82 Å². The molecule has 0 radical (unpaired) electrons. The first-order valence-corrected chi connectivity index (χ1v) is 12.0. The number of oxime groups is 1. The number of rotatable bonds is 6. The van der Waals surface area contributed by atoms with E-state index in [9.17, 15) is 0 Å². The van der Waals surface area contributed by atoms with Crippen molar-refractivity contribution in [3.63, 3.8) is 0 Å². The molecule has 0 spiro atoms. The van der Waals surface area contributed by atoms with Crippen molar-refractivity contribution in [2.24, 2.45) is 5.16 Å². The maximum Gasteiger partial charge on any atom is 0.153 e. The summed E-state index contributed by atoms with van der Waals surface area (Å²) in [5, 5.41) is 18.4. The Morgan fingerprint density at radius 3 is 2.57 bits per heavy atom. The lowest BCUT2D eigenvalue weighted by atomic mass is 9.98. The molecule has 6 rings (SSSR count). The summed E-state index contributed by atoms with van der Waals surface area (Å²) in [7, 11) is 0. The van der Waals surface area contributed by atoms with E-state index in [1.54, 1.807) is 35.4 Å². The third-order valence-corrected chi connectivity index (χ3v) is 6.39. The standard InChI is InChI=1S/C30H22N6O/c31-17-22-6-11-29(33-18-22)36-19-27(30(34-36)23-12-14-32-15-13-23)25-7-9-26-24(16-25)8-10-28(26)35-37-20-21-4-2-1-3-5-21/h1-7,9,11-16,18-19H,8,10,20H2. The molecule has 7 heteroatoms. The summed E-state index contributed by atoms with van der Waals surface area (Å²) >= 11 is 0. The monoisotopic (exact) mass is 482 g/mol. The first-order valence-electron chi connectivity index (χ1n) is 12.0. The van der Waals surface area contributed by atoms with E-state index in [1.165, 1.54) is 5.56 Å². The van der Waals surface area contributed by atoms with Crippen LogP contribution in [0.2, 0.25) is 0 Å². The summed E-state index contributed by atoms with van der Waals surface area (Å²) in [5.41, 5.74) is 8.81. The molecule has 0 fully saturated rings. The van der Waals surface area contributed by atoms with Crippen molar-refractivity contribution in [1.82, 2.24) is 19.7 Å². The van der Waals surface area contributed by atoms with Crippen molar-refractivity contribution in [2.75, 3.05) is 0 Å². The van der Waals surface area contributed by atoms with Crippen LogP contribution < -0.4 is 0 Å². The minimum absolute atomic E-state index is 0.454. The fourth-order valence-corrected chi connectivity index (χ4v) is 4.50. The highest BCUT2D eigenvalue weighted by molar-refractivity contribution is 6.04. The second kappa shape index (κ2) is 9.88. The fraction of sp³-hybridized carbons (Fsp3) is 0.100. The van der Waals surface area contributed by atoms with Gasteiger partial charge in [0.05, 0.1) is 11.3 Å². The van der Waals surface area contributed by atoms with E-state index in [4.69, 9.17) is 15.2 Å². The summed E-state index contributed by atoms with van der Waals surface area (Å²) in [5.74, 6) is 0.645. The first kappa shape index (κ1) is 22.4. The van der Waals surface area contributed by atoms with Crippen LogP contribution in [0.1, 0.15) is 28.7 Å². The zero-order valence-corrected chi connectivity index (χ0v) is 20.0. The smallest absolute Gasteiger partial charge is 0.153 e. The van der Waals surface area contributed by atoms with Crippen LogP contribution in [0, 0.1) is 11.3 Å². The normalized spacial score (nSPS) is 13.3. The molecule has 0 aliphatic heterocycles. The third kappa shape index (κ3) is 4.60. The summed E-state index contributed by atoms with van der Waals surface area (Å²) in [4.78, 5) is 14.2. The molecule has 5 aromatic rings. The van der Waals surface area contributed by atoms with Gasteiger partial charge in [0, 0.05) is 41.5 Å². The molecule has 0 amide bonds. The van der Waals surface area contributed by atoms with Crippen LogP contribution in [0.3, 0.4) is 0 Å². The number of nitriles is 1. The van der Waals surface area contributed by atoms with Gasteiger partial charge in [0.25, 0.3) is 0 Å². The highest BCUT2D eigenvalue weighted by Gasteiger charge is 2.21. The SMILES string of the molecule is N#Cc1ccc(-n2cc(-c3ccc4c(c3)CCC4=NOCc3ccccc3)c(-c3ccncc3)n2)nc1. The molecule has 0 saturated heterocycles. The zero-order valence-electron chi connectivity index (χ0n) is 20.0. The average Bonchev–Trinajstić information content (AvgIpc) is 3.59. The topological polar surface area (TPSA) is 89.0 Å². The first-order chi connectivity index (χ1) is 18.3. The number of hydrogen-bond acceptors (Lipinski definition) is 6. The number of nitrogens with zero attached hydrogens (tertiary/aromatic N) is 6. The quantitative estimate of drug-likeness (QED) is 0.288. The van der Waals surface area contributed by atoms with Crippen LogP contribution in [0.5, 0.6) is 0 Å². The summed E-state index contributed by atoms with van der Waals surface area (Å²) in [6, 6.07) is 26.0. The van der Waals surface area contributed by atoms with Gasteiger partial charge in [0.1, 0.15) is 18.4 Å². The van der Waals surface area contributed by atoms with Crippen LogP contribution in [0.15, 0.2) is 103 Å². The number of aryl methyl sites for hydroxylation is 1. The molecule has 0 bridgehead atoms. The Hall–Kier alpha value is -5.09. The number of benzene rings is 2. The summed E-state index contributed by atoms with van der Waals surface area (Å²) < 4.78 is 1.75. The Bertz CT molecular complexity index is 1620. The molecule has 0 saturated carbocycles. The second-order valence-corrected chi connectivity index (χ2v) is 8.76. The third-order valence-electron chi connectivity index (χ3n) is 6.39. The van der Waals surface area contributed by atoms with Gasteiger partial charge < -0.3 is 4.84 Å². The lowest BCUT2D eigenvalue weighted by molar-refractivity contribution is 0.130. The van der Waals surface area contributed by atoms with Crippen LogP contribution in [-0.2, 0) is 17.9 Å². The predicted molar refractivity (Wildman–Crippen MR) is 141 cm³/mol. The van der Waals surface area contributed by atoms with Crippen LogP contribution >= 0.6 is 0 Å². The molecule has 3 heterocycles. The van der Waals surface area contributed by atoms with E-state index in [2.05, 4.69) is 39.4 Å². The van der Waals surface area contributed by atoms with Gasteiger partial charge in [-0.1, -0.05) is 53.7 Å². The Morgan fingerprint density at radius 1 is 0.919 bits per heavy atom. The molecule has 0 atom stereocenters. The minimum atomic E-state index is 0.454. The van der Waals surface area contributed by atoms with Gasteiger partial charge in [-0.05, 0) is 53.8 Å². The lowest BCUT2D eigenvalue weighted by Crippen LogP contribution is -1.98. The van der Waals surface area contributed by atoms with Crippen LogP contribution in [0.4, 0.5) is 0 Å². The van der Waals surface area contributed by atoms with E-state index in [0.717, 1.165) is 52.1 Å². The molecule has 178 valence electrons. The number of pyridine rings is 2. The molecular weight excluding hydrogens is 460 g/mol. The molecule has 0 N–H and O–H groups in total. The van der Waals surface area contributed by atoms with Gasteiger partial charge in [-0.15, -0.1) is 0 Å². The van der Waals surface area contributed by atoms with Crippen LogP contribution in [0.25, 0.3) is 28.2 Å². The van der Waals surface area contributed by atoms with Crippen molar-refractivity contribution in [3.05, 3.63) is 120 Å². The predicted octanol–water partition coefficient (Wildman–Crippen LogP) is 5.74. The van der Waals surface area contributed by atoms with E-state index >= 15 is 0 Å². The second-order valence-electron chi connectivity index (χ2n) is 8.76. The van der Waals surface area contributed by atoms with Gasteiger partial charge in [0.2, 0.25) is 0 Å². The van der Waals surface area contributed by atoms with Crippen molar-refractivity contribution >= 4 is 5.71 Å². The number of fused-ring (bicyclic) bond motifs is 1. The van der Waals surface area contributed by atoms with Crippen molar-refractivity contribution in [3.8, 4) is 34.3 Å². The highest BCUT2D eigenvalue weighted by atomic mass is 16.6. The Labute approximate surface area is 214 Å². The van der Waals surface area contributed by atoms with Gasteiger partial charge in [-0.3, -0.25) is 4.98 Å². The molecule has 1 aliphatic carbocycles. The van der Waals surface area contributed by atoms with Gasteiger partial charge in [-0.2, -0.15) is 10.4 Å².